The summed E-state index contributed by atoms with van der Waals surface area (Å²) >= 11 is 0. The van der Waals surface area contributed by atoms with Gasteiger partial charge in [-0.2, -0.15) is 0 Å². The fourth-order valence-electron chi connectivity index (χ4n) is 4.95. The van der Waals surface area contributed by atoms with Crippen LogP contribution < -0.4 is 10.1 Å². The highest BCUT2D eigenvalue weighted by molar-refractivity contribution is 6.02. The first-order chi connectivity index (χ1) is 17.4. The van der Waals surface area contributed by atoms with E-state index in [-0.39, 0.29) is 12.1 Å². The Morgan fingerprint density at radius 3 is 2.67 bits per heavy atom. The average molecular weight is 490 g/mol. The van der Waals surface area contributed by atoms with Gasteiger partial charge in [0, 0.05) is 17.5 Å². The van der Waals surface area contributed by atoms with Crippen molar-refractivity contribution >= 4 is 22.6 Å². The number of carbonyl (C=O) groups is 1. The Bertz CT molecular complexity index is 1320. The predicted molar refractivity (Wildman–Crippen MR) is 141 cm³/mol. The van der Waals surface area contributed by atoms with Crippen LogP contribution in [0.3, 0.4) is 0 Å². The fraction of sp³-hybridized carbons (Fsp3) is 0.448. The maximum atomic E-state index is 12.1. The molecule has 0 aliphatic heterocycles. The smallest absolute Gasteiger partial charge is 0.407 e. The molecule has 3 aromatic rings. The summed E-state index contributed by atoms with van der Waals surface area (Å²) in [6.07, 6.45) is 9.97. The number of alkyl carbamates (subject to hydrolysis) is 1. The van der Waals surface area contributed by atoms with Gasteiger partial charge in [0.15, 0.2) is 0 Å². The molecule has 36 heavy (non-hydrogen) atoms. The van der Waals surface area contributed by atoms with Crippen molar-refractivity contribution in [3.05, 3.63) is 53.6 Å². The molecule has 0 bridgehead atoms. The van der Waals surface area contributed by atoms with E-state index < -0.39 is 6.09 Å². The number of rotatable bonds is 7. The molecular formula is C29H35N3O4. The molecule has 1 saturated carbocycles. The van der Waals surface area contributed by atoms with Gasteiger partial charge in [0.25, 0.3) is 0 Å². The van der Waals surface area contributed by atoms with Crippen molar-refractivity contribution in [3.8, 4) is 17.2 Å². The summed E-state index contributed by atoms with van der Waals surface area (Å²) < 4.78 is 19.8. The van der Waals surface area contributed by atoms with Gasteiger partial charge in [-0.3, -0.25) is 0 Å². The summed E-state index contributed by atoms with van der Waals surface area (Å²) in [7, 11) is 0. The van der Waals surface area contributed by atoms with E-state index in [2.05, 4.69) is 34.2 Å². The molecule has 1 fully saturated rings. The molecule has 1 unspecified atom stereocenters. The van der Waals surface area contributed by atoms with Crippen molar-refractivity contribution < 1.29 is 18.7 Å². The minimum absolute atomic E-state index is 0.110. The molecule has 190 valence electrons. The molecule has 2 aliphatic carbocycles. The molecule has 2 aromatic heterocycles. The lowest BCUT2D eigenvalue weighted by Crippen LogP contribution is -2.35. The number of nitrogens with one attached hydrogen (secondary N) is 1. The van der Waals surface area contributed by atoms with Crippen LogP contribution in [0.2, 0.25) is 0 Å². The van der Waals surface area contributed by atoms with Gasteiger partial charge in [-0.25, -0.2) is 9.78 Å². The molecule has 0 radical (unpaired) electrons. The predicted octanol–water partition coefficient (Wildman–Crippen LogP) is 6.88. The zero-order valence-electron chi connectivity index (χ0n) is 21.8. The Hall–Kier alpha value is -3.48. The number of nitrogens with zero attached hydrogens (tertiary/aromatic N) is 2. The number of hydrogen-bond acceptors (Lipinski definition) is 5. The van der Waals surface area contributed by atoms with Gasteiger partial charge < -0.3 is 23.8 Å². The fourth-order valence-corrected chi connectivity index (χ4v) is 4.95. The maximum absolute atomic E-state index is 12.1. The number of carbonyl (C=O) groups excluding carboxylic acids is 1. The molecule has 1 atom stereocenters. The standard InChI is InChI=1S/C29H35N3O4/c1-6-34-23-14-15-24-25(16-23)32(22-8-7-9-22)27(26(24)28-30-18(4)19(5)36-28)20-10-12-21(13-11-20)31-29(33)35-17(2)3/h10-12,14-17,21-22H,6-9,13H2,1-5H3,(H,31,33). The van der Waals surface area contributed by atoms with Crippen LogP contribution in [0, 0.1) is 13.8 Å². The van der Waals surface area contributed by atoms with Crippen LogP contribution in [-0.4, -0.2) is 34.4 Å². The van der Waals surface area contributed by atoms with E-state index in [1.165, 1.54) is 6.42 Å². The van der Waals surface area contributed by atoms with E-state index in [0.29, 0.717) is 25.0 Å². The van der Waals surface area contributed by atoms with E-state index in [1.54, 1.807) is 0 Å². The Labute approximate surface area is 212 Å². The molecule has 2 heterocycles. The first kappa shape index (κ1) is 24.2. The third kappa shape index (κ3) is 4.54. The number of ether oxygens (including phenoxy) is 2. The molecule has 1 N–H and O–H groups in total. The number of allylic oxidation sites excluding steroid dienone is 2. The van der Waals surface area contributed by atoms with Crippen LogP contribution in [0.5, 0.6) is 5.75 Å². The lowest BCUT2D eigenvalue weighted by atomic mass is 9.91. The largest absolute Gasteiger partial charge is 0.494 e. The third-order valence-electron chi connectivity index (χ3n) is 6.99. The number of hydrogen-bond donors (Lipinski definition) is 1. The number of fused-ring (bicyclic) bond motifs is 1. The molecule has 0 spiro atoms. The second-order valence-corrected chi connectivity index (χ2v) is 9.91. The molecule has 2 aliphatic rings. The molecular weight excluding hydrogens is 454 g/mol. The van der Waals surface area contributed by atoms with Crippen LogP contribution in [0.4, 0.5) is 4.79 Å². The summed E-state index contributed by atoms with van der Waals surface area (Å²) in [6.45, 7) is 10.2. The normalized spacial score (nSPS) is 17.8. The van der Waals surface area contributed by atoms with E-state index in [0.717, 1.165) is 57.8 Å². The Kier molecular flexibility index (Phi) is 6.65. The molecule has 7 nitrogen and oxygen atoms in total. The Morgan fingerprint density at radius 1 is 1.28 bits per heavy atom. The summed E-state index contributed by atoms with van der Waals surface area (Å²) in [6, 6.07) is 6.60. The van der Waals surface area contributed by atoms with Crippen molar-refractivity contribution in [3.63, 3.8) is 0 Å². The van der Waals surface area contributed by atoms with Gasteiger partial charge in [-0.15, -0.1) is 0 Å². The average Bonchev–Trinajstić information content (AvgIpc) is 3.29. The topological polar surface area (TPSA) is 78.5 Å². The first-order valence-electron chi connectivity index (χ1n) is 13.0. The molecule has 7 heteroatoms. The Morgan fingerprint density at radius 2 is 2.08 bits per heavy atom. The minimum Gasteiger partial charge on any atom is -0.494 e. The zero-order chi connectivity index (χ0) is 25.4. The van der Waals surface area contributed by atoms with Crippen LogP contribution in [0.25, 0.3) is 27.9 Å². The van der Waals surface area contributed by atoms with Crippen molar-refractivity contribution in [1.29, 1.82) is 0 Å². The first-order valence-corrected chi connectivity index (χ1v) is 13.0. The molecule has 1 aromatic carbocycles. The van der Waals surface area contributed by atoms with Gasteiger partial charge in [0.05, 0.1) is 41.2 Å². The second kappa shape index (κ2) is 9.88. The molecule has 0 saturated heterocycles. The summed E-state index contributed by atoms with van der Waals surface area (Å²) in [5.74, 6) is 2.33. The van der Waals surface area contributed by atoms with Crippen molar-refractivity contribution in [1.82, 2.24) is 14.9 Å². The molecule has 5 rings (SSSR count). The van der Waals surface area contributed by atoms with Gasteiger partial charge in [-0.05, 0) is 78.0 Å². The SMILES string of the molecule is CCOc1ccc2c(-c3nc(C)c(C)o3)c(C3=CCC(NC(=O)OC(C)C)C=C3)n(C3CCC3)c2c1. The van der Waals surface area contributed by atoms with E-state index in [4.69, 9.17) is 18.9 Å². The van der Waals surface area contributed by atoms with E-state index >= 15 is 0 Å². The number of oxazole rings is 1. The highest BCUT2D eigenvalue weighted by Crippen LogP contribution is 2.46. The molecule has 1 amide bonds. The quantitative estimate of drug-likeness (QED) is 0.391. The van der Waals surface area contributed by atoms with Gasteiger partial charge >= 0.3 is 6.09 Å². The van der Waals surface area contributed by atoms with E-state index in [9.17, 15) is 4.79 Å². The van der Waals surface area contributed by atoms with Crippen LogP contribution in [0.1, 0.15) is 69.6 Å². The number of aromatic nitrogens is 2. The van der Waals surface area contributed by atoms with Crippen LogP contribution in [0.15, 0.2) is 40.8 Å². The van der Waals surface area contributed by atoms with Gasteiger partial charge in [-0.1, -0.05) is 18.2 Å². The maximum Gasteiger partial charge on any atom is 0.407 e. The summed E-state index contributed by atoms with van der Waals surface area (Å²) in [5.41, 5.74) is 5.27. The van der Waals surface area contributed by atoms with Crippen LogP contribution >= 0.6 is 0 Å². The van der Waals surface area contributed by atoms with Gasteiger partial charge in [0.2, 0.25) is 5.89 Å². The van der Waals surface area contributed by atoms with Gasteiger partial charge in [0.1, 0.15) is 11.5 Å². The lowest BCUT2D eigenvalue weighted by molar-refractivity contribution is 0.114. The lowest BCUT2D eigenvalue weighted by Gasteiger charge is -2.31. The number of aryl methyl sites for hydroxylation is 2. The Balaban J connectivity index is 1.62. The van der Waals surface area contributed by atoms with Crippen molar-refractivity contribution in [2.45, 2.75) is 78.5 Å². The highest BCUT2D eigenvalue weighted by Gasteiger charge is 2.31. The van der Waals surface area contributed by atoms with Crippen LogP contribution in [-0.2, 0) is 4.74 Å². The summed E-state index contributed by atoms with van der Waals surface area (Å²) in [5, 5.41) is 4.05. The summed E-state index contributed by atoms with van der Waals surface area (Å²) in [4.78, 5) is 16.9. The van der Waals surface area contributed by atoms with E-state index in [1.807, 2.05) is 46.8 Å². The number of benzene rings is 1. The second-order valence-electron chi connectivity index (χ2n) is 9.91. The van der Waals surface area contributed by atoms with Crippen molar-refractivity contribution in [2.75, 3.05) is 6.61 Å². The zero-order valence-corrected chi connectivity index (χ0v) is 21.8. The minimum atomic E-state index is -0.394. The highest BCUT2D eigenvalue weighted by atomic mass is 16.6. The monoisotopic (exact) mass is 489 g/mol. The number of amides is 1. The third-order valence-corrected chi connectivity index (χ3v) is 6.99. The van der Waals surface area contributed by atoms with Crippen molar-refractivity contribution in [2.24, 2.45) is 0 Å².